The Balaban J connectivity index is 1.89. The zero-order valence-corrected chi connectivity index (χ0v) is 13.0. The Kier molecular flexibility index (Phi) is 5.86. The van der Waals surface area contributed by atoms with E-state index in [1.807, 2.05) is 0 Å². The fourth-order valence-electron chi connectivity index (χ4n) is 3.44. The monoisotopic (exact) mass is 297 g/mol. The molecule has 0 saturated heterocycles. The molecule has 1 nitrogen and oxygen atoms in total. The van der Waals surface area contributed by atoms with Gasteiger partial charge in [0.05, 0.1) is 5.02 Å². The summed E-state index contributed by atoms with van der Waals surface area (Å²) in [5.41, 5.74) is 6.96. The summed E-state index contributed by atoms with van der Waals surface area (Å²) in [6.07, 6.45) is 8.14. The molecule has 0 aliphatic heterocycles. The predicted molar refractivity (Wildman–Crippen MR) is 83.4 cm³/mol. The predicted octanol–water partition coefficient (Wildman–Crippen LogP) is 4.96. The van der Waals surface area contributed by atoms with Crippen LogP contribution in [0.15, 0.2) is 18.2 Å². The molecule has 2 rings (SSSR count). The second-order valence-electron chi connectivity index (χ2n) is 6.15. The van der Waals surface area contributed by atoms with Crippen molar-refractivity contribution in [3.63, 3.8) is 0 Å². The van der Waals surface area contributed by atoms with Gasteiger partial charge in [-0.25, -0.2) is 4.39 Å². The smallest absolute Gasteiger partial charge is 0.145 e. The zero-order valence-electron chi connectivity index (χ0n) is 12.2. The number of nitrogens with two attached hydrogens (primary N) is 1. The Hall–Kier alpha value is -0.600. The first-order chi connectivity index (χ1) is 9.61. The molecule has 1 aromatic rings. The molecule has 1 unspecified atom stereocenters. The average molecular weight is 298 g/mol. The van der Waals surface area contributed by atoms with Gasteiger partial charge >= 0.3 is 0 Å². The molecular weight excluding hydrogens is 273 g/mol. The highest BCUT2D eigenvalue weighted by Crippen LogP contribution is 2.33. The molecule has 0 amide bonds. The Morgan fingerprint density at radius 3 is 2.65 bits per heavy atom. The van der Waals surface area contributed by atoms with Crippen molar-refractivity contribution in [3.8, 4) is 0 Å². The maximum absolute atomic E-state index is 13.9. The van der Waals surface area contributed by atoms with Crippen molar-refractivity contribution in [1.29, 1.82) is 0 Å². The molecule has 0 heterocycles. The Morgan fingerprint density at radius 1 is 1.30 bits per heavy atom. The van der Waals surface area contributed by atoms with Crippen LogP contribution < -0.4 is 5.73 Å². The third-order valence-electron chi connectivity index (χ3n) is 4.68. The molecule has 1 aliphatic rings. The van der Waals surface area contributed by atoms with Crippen molar-refractivity contribution in [2.24, 2.45) is 17.6 Å². The van der Waals surface area contributed by atoms with Gasteiger partial charge in [0.15, 0.2) is 0 Å². The summed E-state index contributed by atoms with van der Waals surface area (Å²) in [5, 5.41) is 0.196. The van der Waals surface area contributed by atoms with Crippen LogP contribution in [0.5, 0.6) is 0 Å². The van der Waals surface area contributed by atoms with Crippen molar-refractivity contribution in [1.82, 2.24) is 0 Å². The van der Waals surface area contributed by atoms with E-state index in [0.717, 1.165) is 5.92 Å². The minimum atomic E-state index is -0.302. The molecule has 1 saturated carbocycles. The van der Waals surface area contributed by atoms with Crippen LogP contribution in [-0.2, 0) is 6.42 Å². The standard InChI is InChI=1S/C17H25ClFN/c1-2-4-12-7-9-13(10-8-12)16(20)11-14-5-3-6-15(18)17(14)19/h3,5-6,12-13,16H,2,4,7-11,20H2,1H3. The number of rotatable bonds is 5. The minimum Gasteiger partial charge on any atom is -0.327 e. The maximum Gasteiger partial charge on any atom is 0.145 e. The van der Waals surface area contributed by atoms with Crippen LogP contribution in [0.25, 0.3) is 0 Å². The van der Waals surface area contributed by atoms with E-state index in [-0.39, 0.29) is 16.9 Å². The fraction of sp³-hybridized carbons (Fsp3) is 0.647. The summed E-state index contributed by atoms with van der Waals surface area (Å²) in [6, 6.07) is 5.22. The summed E-state index contributed by atoms with van der Waals surface area (Å²) in [5.74, 6) is 1.11. The molecule has 3 heteroatoms. The van der Waals surface area contributed by atoms with E-state index in [2.05, 4.69) is 6.92 Å². The van der Waals surface area contributed by atoms with Crippen LogP contribution in [0.4, 0.5) is 4.39 Å². The molecule has 0 radical (unpaired) electrons. The SMILES string of the molecule is CCCC1CCC(C(N)Cc2cccc(Cl)c2F)CC1. The number of hydrogen-bond donors (Lipinski definition) is 1. The highest BCUT2D eigenvalue weighted by molar-refractivity contribution is 6.30. The van der Waals surface area contributed by atoms with Gasteiger partial charge in [-0.2, -0.15) is 0 Å². The molecule has 1 fully saturated rings. The molecule has 1 atom stereocenters. The molecule has 0 spiro atoms. The fourth-order valence-corrected chi connectivity index (χ4v) is 3.63. The number of halogens is 2. The van der Waals surface area contributed by atoms with Crippen molar-refractivity contribution in [2.75, 3.05) is 0 Å². The van der Waals surface area contributed by atoms with E-state index in [0.29, 0.717) is 17.9 Å². The number of benzene rings is 1. The molecule has 20 heavy (non-hydrogen) atoms. The van der Waals surface area contributed by atoms with Gasteiger partial charge in [0.2, 0.25) is 0 Å². The van der Waals surface area contributed by atoms with Crippen molar-refractivity contribution >= 4 is 11.6 Å². The van der Waals surface area contributed by atoms with Gasteiger partial charge in [-0.15, -0.1) is 0 Å². The summed E-state index contributed by atoms with van der Waals surface area (Å²) in [6.45, 7) is 2.25. The zero-order chi connectivity index (χ0) is 14.5. The quantitative estimate of drug-likeness (QED) is 0.817. The van der Waals surface area contributed by atoms with E-state index < -0.39 is 0 Å². The summed E-state index contributed by atoms with van der Waals surface area (Å²) in [7, 11) is 0. The first-order valence-electron chi connectivity index (χ1n) is 7.80. The lowest BCUT2D eigenvalue weighted by Gasteiger charge is -2.32. The van der Waals surface area contributed by atoms with Gasteiger partial charge in [-0.3, -0.25) is 0 Å². The van der Waals surface area contributed by atoms with Crippen LogP contribution in [-0.4, -0.2) is 6.04 Å². The molecule has 1 aromatic carbocycles. The van der Waals surface area contributed by atoms with Crippen LogP contribution in [0.1, 0.15) is 51.0 Å². The molecule has 0 bridgehead atoms. The van der Waals surface area contributed by atoms with E-state index in [1.54, 1.807) is 18.2 Å². The van der Waals surface area contributed by atoms with E-state index in [1.165, 1.54) is 38.5 Å². The summed E-state index contributed by atoms with van der Waals surface area (Å²) < 4.78 is 13.9. The van der Waals surface area contributed by atoms with E-state index in [9.17, 15) is 4.39 Å². The van der Waals surface area contributed by atoms with E-state index >= 15 is 0 Å². The van der Waals surface area contributed by atoms with Gasteiger partial charge in [-0.05, 0) is 42.7 Å². The Labute approximate surface area is 126 Å². The average Bonchev–Trinajstić information content (AvgIpc) is 2.45. The van der Waals surface area contributed by atoms with Gasteiger partial charge < -0.3 is 5.73 Å². The molecule has 2 N–H and O–H groups in total. The topological polar surface area (TPSA) is 26.0 Å². The highest BCUT2D eigenvalue weighted by Gasteiger charge is 2.25. The Morgan fingerprint density at radius 2 is 2.00 bits per heavy atom. The molecule has 1 aliphatic carbocycles. The first-order valence-corrected chi connectivity index (χ1v) is 8.18. The lowest BCUT2D eigenvalue weighted by atomic mass is 9.76. The second kappa shape index (κ2) is 7.42. The largest absolute Gasteiger partial charge is 0.327 e. The third-order valence-corrected chi connectivity index (χ3v) is 4.97. The highest BCUT2D eigenvalue weighted by atomic mass is 35.5. The van der Waals surface area contributed by atoms with Crippen LogP contribution in [0.3, 0.4) is 0 Å². The molecule has 0 aromatic heterocycles. The van der Waals surface area contributed by atoms with Gasteiger partial charge in [0.1, 0.15) is 5.82 Å². The van der Waals surface area contributed by atoms with Crippen molar-refractivity contribution in [2.45, 2.75) is 57.9 Å². The van der Waals surface area contributed by atoms with Gasteiger partial charge in [0, 0.05) is 6.04 Å². The minimum absolute atomic E-state index is 0.0468. The van der Waals surface area contributed by atoms with Crippen LogP contribution in [0, 0.1) is 17.7 Å². The first kappa shape index (κ1) is 15.8. The second-order valence-corrected chi connectivity index (χ2v) is 6.56. The third kappa shape index (κ3) is 3.95. The maximum atomic E-state index is 13.9. The summed E-state index contributed by atoms with van der Waals surface area (Å²) >= 11 is 5.82. The van der Waals surface area contributed by atoms with Crippen molar-refractivity contribution in [3.05, 3.63) is 34.6 Å². The van der Waals surface area contributed by atoms with Gasteiger partial charge in [-0.1, -0.05) is 56.3 Å². The van der Waals surface area contributed by atoms with Crippen LogP contribution in [0.2, 0.25) is 5.02 Å². The van der Waals surface area contributed by atoms with Gasteiger partial charge in [0.25, 0.3) is 0 Å². The Bertz CT molecular complexity index is 427. The lowest BCUT2D eigenvalue weighted by molar-refractivity contribution is 0.232. The van der Waals surface area contributed by atoms with E-state index in [4.69, 9.17) is 17.3 Å². The molecule has 112 valence electrons. The number of hydrogen-bond acceptors (Lipinski definition) is 1. The lowest BCUT2D eigenvalue weighted by Crippen LogP contribution is -2.35. The summed E-state index contributed by atoms with van der Waals surface area (Å²) in [4.78, 5) is 0. The van der Waals surface area contributed by atoms with Crippen LogP contribution >= 0.6 is 11.6 Å². The van der Waals surface area contributed by atoms with Crippen molar-refractivity contribution < 1.29 is 4.39 Å². The normalized spacial score (nSPS) is 24.6. The molecular formula is C17H25ClFN.